The van der Waals surface area contributed by atoms with Crippen LogP contribution in [0, 0.1) is 12.7 Å². The normalized spacial score (nSPS) is 10.3. The van der Waals surface area contributed by atoms with E-state index in [-0.39, 0.29) is 18.2 Å². The standard InChI is InChI=1S/C11H13FN2.ClH/c1-7-8(5-6-13)9-3-2-4-10(12)11(9)14-7;/h2-4,14H,5-6,13H2,1H3;1H. The van der Waals surface area contributed by atoms with Crippen LogP contribution < -0.4 is 5.73 Å². The van der Waals surface area contributed by atoms with Crippen LogP contribution >= 0.6 is 12.4 Å². The van der Waals surface area contributed by atoms with Gasteiger partial charge in [-0.2, -0.15) is 0 Å². The Kier molecular flexibility index (Phi) is 3.72. The molecule has 0 atom stereocenters. The number of aromatic nitrogens is 1. The fourth-order valence-corrected chi connectivity index (χ4v) is 1.83. The molecule has 1 heterocycles. The zero-order valence-corrected chi connectivity index (χ0v) is 9.33. The van der Waals surface area contributed by atoms with E-state index in [1.807, 2.05) is 13.0 Å². The van der Waals surface area contributed by atoms with Crippen molar-refractivity contribution in [1.29, 1.82) is 0 Å². The first kappa shape index (κ1) is 12.0. The Morgan fingerprint density at radius 2 is 2.13 bits per heavy atom. The van der Waals surface area contributed by atoms with E-state index < -0.39 is 0 Å². The first-order valence-electron chi connectivity index (χ1n) is 4.69. The molecule has 0 radical (unpaired) electrons. The summed E-state index contributed by atoms with van der Waals surface area (Å²) < 4.78 is 13.4. The van der Waals surface area contributed by atoms with Crippen molar-refractivity contribution in [2.24, 2.45) is 5.73 Å². The third kappa shape index (κ3) is 1.98. The first-order chi connectivity index (χ1) is 6.74. The second-order valence-corrected chi connectivity index (χ2v) is 3.43. The largest absolute Gasteiger partial charge is 0.356 e. The lowest BCUT2D eigenvalue weighted by atomic mass is 10.1. The number of H-pyrrole nitrogens is 1. The average Bonchev–Trinajstić information content (AvgIpc) is 2.47. The van der Waals surface area contributed by atoms with Crippen LogP contribution in [0.2, 0.25) is 0 Å². The third-order valence-corrected chi connectivity index (χ3v) is 2.50. The number of aryl methyl sites for hydroxylation is 1. The van der Waals surface area contributed by atoms with E-state index in [4.69, 9.17) is 5.73 Å². The number of rotatable bonds is 2. The Bertz CT molecular complexity index is 465. The van der Waals surface area contributed by atoms with Crippen LogP contribution in [0.25, 0.3) is 10.9 Å². The van der Waals surface area contributed by atoms with Crippen LogP contribution in [0.1, 0.15) is 11.3 Å². The molecule has 3 N–H and O–H groups in total. The van der Waals surface area contributed by atoms with Crippen LogP contribution in [0.4, 0.5) is 4.39 Å². The van der Waals surface area contributed by atoms with E-state index in [0.29, 0.717) is 12.1 Å². The molecule has 1 aromatic carbocycles. The van der Waals surface area contributed by atoms with Crippen LogP contribution in [0.5, 0.6) is 0 Å². The van der Waals surface area contributed by atoms with Crippen LogP contribution in [-0.2, 0) is 6.42 Å². The van der Waals surface area contributed by atoms with E-state index in [9.17, 15) is 4.39 Å². The van der Waals surface area contributed by atoms with Gasteiger partial charge in [0.05, 0.1) is 5.52 Å². The SMILES string of the molecule is Cc1[nH]c2c(F)cccc2c1CCN.Cl. The quantitative estimate of drug-likeness (QED) is 0.815. The molecule has 2 rings (SSSR count). The monoisotopic (exact) mass is 228 g/mol. The number of benzene rings is 1. The Balaban J connectivity index is 0.00000112. The van der Waals surface area contributed by atoms with Gasteiger partial charge >= 0.3 is 0 Å². The van der Waals surface area contributed by atoms with E-state index in [0.717, 1.165) is 23.1 Å². The molecule has 0 fully saturated rings. The second kappa shape index (κ2) is 4.64. The Hall–Kier alpha value is -1.06. The van der Waals surface area contributed by atoms with Crippen molar-refractivity contribution in [3.63, 3.8) is 0 Å². The van der Waals surface area contributed by atoms with E-state index in [1.54, 1.807) is 6.07 Å². The molecule has 0 aliphatic rings. The zero-order chi connectivity index (χ0) is 10.1. The summed E-state index contributed by atoms with van der Waals surface area (Å²) in [5.41, 5.74) is 8.24. The van der Waals surface area contributed by atoms with Gasteiger partial charge in [-0.25, -0.2) is 4.39 Å². The Labute approximate surface area is 94.1 Å². The van der Waals surface area contributed by atoms with Crippen molar-refractivity contribution in [2.45, 2.75) is 13.3 Å². The summed E-state index contributed by atoms with van der Waals surface area (Å²) in [6.45, 7) is 2.54. The second-order valence-electron chi connectivity index (χ2n) is 3.43. The summed E-state index contributed by atoms with van der Waals surface area (Å²) in [5.74, 6) is -0.200. The van der Waals surface area contributed by atoms with Crippen molar-refractivity contribution < 1.29 is 4.39 Å². The molecular formula is C11H14ClFN2. The lowest BCUT2D eigenvalue weighted by Gasteiger charge is -1.97. The summed E-state index contributed by atoms with van der Waals surface area (Å²) in [4.78, 5) is 3.05. The molecule has 0 saturated carbocycles. The van der Waals surface area contributed by atoms with Crippen molar-refractivity contribution in [3.8, 4) is 0 Å². The predicted molar refractivity (Wildman–Crippen MR) is 63.0 cm³/mol. The van der Waals surface area contributed by atoms with Gasteiger partial charge in [0.15, 0.2) is 0 Å². The highest BCUT2D eigenvalue weighted by atomic mass is 35.5. The predicted octanol–water partition coefficient (Wildman–Crippen LogP) is 2.54. The molecule has 4 heteroatoms. The number of aromatic amines is 1. The van der Waals surface area contributed by atoms with Crippen molar-refractivity contribution >= 4 is 23.3 Å². The summed E-state index contributed by atoms with van der Waals surface area (Å²) >= 11 is 0. The number of fused-ring (bicyclic) bond motifs is 1. The topological polar surface area (TPSA) is 41.8 Å². The van der Waals surface area contributed by atoms with Gasteiger partial charge in [-0.1, -0.05) is 12.1 Å². The summed E-state index contributed by atoms with van der Waals surface area (Å²) in [6, 6.07) is 5.11. The molecule has 0 aliphatic heterocycles. The molecule has 15 heavy (non-hydrogen) atoms. The van der Waals surface area contributed by atoms with Gasteiger partial charge in [0, 0.05) is 11.1 Å². The zero-order valence-electron chi connectivity index (χ0n) is 8.51. The molecular weight excluding hydrogens is 215 g/mol. The molecule has 0 amide bonds. The number of hydrogen-bond donors (Lipinski definition) is 2. The number of hydrogen-bond acceptors (Lipinski definition) is 1. The molecule has 2 nitrogen and oxygen atoms in total. The molecule has 1 aromatic heterocycles. The minimum atomic E-state index is -0.200. The fourth-order valence-electron chi connectivity index (χ4n) is 1.83. The fraction of sp³-hybridized carbons (Fsp3) is 0.273. The maximum atomic E-state index is 13.4. The minimum absolute atomic E-state index is 0. The van der Waals surface area contributed by atoms with Gasteiger partial charge in [-0.05, 0) is 31.5 Å². The average molecular weight is 229 g/mol. The maximum Gasteiger partial charge on any atom is 0.147 e. The molecule has 0 unspecified atom stereocenters. The van der Waals surface area contributed by atoms with Crippen molar-refractivity contribution in [2.75, 3.05) is 6.54 Å². The molecule has 0 bridgehead atoms. The van der Waals surface area contributed by atoms with E-state index >= 15 is 0 Å². The van der Waals surface area contributed by atoms with Crippen LogP contribution in [-0.4, -0.2) is 11.5 Å². The minimum Gasteiger partial charge on any atom is -0.356 e. The van der Waals surface area contributed by atoms with Crippen molar-refractivity contribution in [3.05, 3.63) is 35.3 Å². The van der Waals surface area contributed by atoms with Crippen molar-refractivity contribution in [1.82, 2.24) is 4.98 Å². The number of nitrogens with two attached hydrogens (primary N) is 1. The highest BCUT2D eigenvalue weighted by Crippen LogP contribution is 2.24. The van der Waals surface area contributed by atoms with E-state index in [2.05, 4.69) is 4.98 Å². The number of nitrogens with one attached hydrogen (secondary N) is 1. The molecule has 0 saturated heterocycles. The van der Waals surface area contributed by atoms with Crippen LogP contribution in [0.3, 0.4) is 0 Å². The molecule has 0 aliphatic carbocycles. The number of halogens is 2. The lowest BCUT2D eigenvalue weighted by molar-refractivity contribution is 0.637. The van der Waals surface area contributed by atoms with Gasteiger partial charge in [0.1, 0.15) is 5.82 Å². The molecule has 2 aromatic rings. The summed E-state index contributed by atoms with van der Waals surface area (Å²) in [6.07, 6.45) is 0.787. The molecule has 0 spiro atoms. The van der Waals surface area contributed by atoms with Crippen LogP contribution in [0.15, 0.2) is 18.2 Å². The number of para-hydroxylation sites is 1. The van der Waals surface area contributed by atoms with Gasteiger partial charge in [-0.3, -0.25) is 0 Å². The van der Waals surface area contributed by atoms with Gasteiger partial charge in [0.25, 0.3) is 0 Å². The Morgan fingerprint density at radius 1 is 1.40 bits per heavy atom. The summed E-state index contributed by atoms with van der Waals surface area (Å²) in [5, 5.41) is 0.952. The van der Waals surface area contributed by atoms with E-state index in [1.165, 1.54) is 6.07 Å². The van der Waals surface area contributed by atoms with Gasteiger partial charge in [-0.15, -0.1) is 12.4 Å². The third-order valence-electron chi connectivity index (χ3n) is 2.50. The molecule has 82 valence electrons. The first-order valence-corrected chi connectivity index (χ1v) is 4.69. The maximum absolute atomic E-state index is 13.4. The smallest absolute Gasteiger partial charge is 0.147 e. The Morgan fingerprint density at radius 3 is 2.80 bits per heavy atom. The lowest BCUT2D eigenvalue weighted by Crippen LogP contribution is -2.03. The summed E-state index contributed by atoms with van der Waals surface area (Å²) in [7, 11) is 0. The highest BCUT2D eigenvalue weighted by molar-refractivity contribution is 5.85. The highest BCUT2D eigenvalue weighted by Gasteiger charge is 2.09. The van der Waals surface area contributed by atoms with Gasteiger partial charge < -0.3 is 10.7 Å². The van der Waals surface area contributed by atoms with Gasteiger partial charge in [0.2, 0.25) is 0 Å².